The topological polar surface area (TPSA) is 40.9 Å². The van der Waals surface area contributed by atoms with E-state index >= 15 is 0 Å². The highest BCUT2D eigenvalue weighted by molar-refractivity contribution is 8.03. The van der Waals surface area contributed by atoms with Gasteiger partial charge >= 0.3 is 6.18 Å². The second-order valence-corrected chi connectivity index (χ2v) is 5.21. The van der Waals surface area contributed by atoms with Crippen LogP contribution in [0.15, 0.2) is 10.5 Å². The van der Waals surface area contributed by atoms with Crippen molar-refractivity contribution in [3.63, 3.8) is 0 Å². The molecule has 0 aromatic rings. The van der Waals surface area contributed by atoms with E-state index in [2.05, 4.69) is 0 Å². The molecule has 2 aliphatic rings. The molecule has 0 aromatic carbocycles. The maximum atomic E-state index is 12.4. The number of hydrogen-bond donors (Lipinski definition) is 0. The number of rotatable bonds is 3. The van der Waals surface area contributed by atoms with E-state index in [1.54, 1.807) is 0 Å². The van der Waals surface area contributed by atoms with Crippen molar-refractivity contribution >= 4 is 17.5 Å². The average molecular weight is 261 g/mol. The smallest absolute Gasteiger partial charge is 0.284 e. The predicted octanol–water partition coefficient (Wildman–Crippen LogP) is 3.06. The highest BCUT2D eigenvalue weighted by Crippen LogP contribution is 2.56. The molecule has 2 nitrogen and oxygen atoms in total. The molecule has 0 radical (unpaired) electrons. The Kier molecular flexibility index (Phi) is 3.21. The van der Waals surface area contributed by atoms with Gasteiger partial charge in [-0.2, -0.15) is 18.4 Å². The Morgan fingerprint density at radius 1 is 1.41 bits per heavy atom. The highest BCUT2D eigenvalue weighted by Gasteiger charge is 2.53. The molecule has 2 atom stereocenters. The highest BCUT2D eigenvalue weighted by atomic mass is 32.2. The van der Waals surface area contributed by atoms with E-state index < -0.39 is 12.0 Å². The lowest BCUT2D eigenvalue weighted by atomic mass is 9.74. The SMILES string of the molecule is N#CCSC1=C(C(=O)C(F)(F)F)C2CCCC12. The van der Waals surface area contributed by atoms with Gasteiger partial charge in [0, 0.05) is 5.57 Å². The van der Waals surface area contributed by atoms with Crippen molar-refractivity contribution in [3.8, 4) is 6.07 Å². The first-order chi connectivity index (χ1) is 7.96. The van der Waals surface area contributed by atoms with Crippen LogP contribution in [0.2, 0.25) is 0 Å². The molecule has 1 saturated carbocycles. The molecule has 0 aromatic heterocycles. The fraction of sp³-hybridized carbons (Fsp3) is 0.636. The van der Waals surface area contributed by atoms with Crippen LogP contribution < -0.4 is 0 Å². The lowest BCUT2D eigenvalue weighted by Crippen LogP contribution is -2.37. The Balaban J connectivity index is 2.24. The Morgan fingerprint density at radius 3 is 2.65 bits per heavy atom. The van der Waals surface area contributed by atoms with Crippen molar-refractivity contribution in [3.05, 3.63) is 10.5 Å². The van der Waals surface area contributed by atoms with Gasteiger partial charge in [0.2, 0.25) is 0 Å². The van der Waals surface area contributed by atoms with Crippen LogP contribution in [0.25, 0.3) is 0 Å². The number of nitrogens with zero attached hydrogens (tertiary/aromatic N) is 1. The van der Waals surface area contributed by atoms with Gasteiger partial charge in [0.1, 0.15) is 0 Å². The van der Waals surface area contributed by atoms with E-state index in [0.29, 0.717) is 11.3 Å². The third-order valence-corrected chi connectivity index (χ3v) is 4.39. The summed E-state index contributed by atoms with van der Waals surface area (Å²) in [5, 5.41) is 8.46. The molecule has 2 rings (SSSR count). The van der Waals surface area contributed by atoms with Crippen LogP contribution in [0.1, 0.15) is 19.3 Å². The number of carbonyl (C=O) groups excluding carboxylic acids is 1. The molecule has 0 N–H and O–H groups in total. The minimum absolute atomic E-state index is 0.0692. The largest absolute Gasteiger partial charge is 0.454 e. The molecule has 2 aliphatic carbocycles. The monoisotopic (exact) mass is 261 g/mol. The zero-order valence-corrected chi connectivity index (χ0v) is 9.70. The number of carbonyl (C=O) groups is 1. The second kappa shape index (κ2) is 4.37. The third-order valence-electron chi connectivity index (χ3n) is 3.28. The van der Waals surface area contributed by atoms with Crippen molar-refractivity contribution in [2.24, 2.45) is 11.8 Å². The summed E-state index contributed by atoms with van der Waals surface area (Å²) < 4.78 is 37.2. The molecule has 6 heteroatoms. The Labute approximate surface area is 101 Å². The summed E-state index contributed by atoms with van der Waals surface area (Å²) in [6, 6.07) is 1.88. The van der Waals surface area contributed by atoms with Gasteiger partial charge in [0.25, 0.3) is 5.78 Å². The van der Waals surface area contributed by atoms with Gasteiger partial charge in [-0.1, -0.05) is 6.42 Å². The van der Waals surface area contributed by atoms with Gasteiger partial charge in [0.05, 0.1) is 11.8 Å². The summed E-state index contributed by atoms with van der Waals surface area (Å²) in [7, 11) is 0. The Hall–Kier alpha value is -0.960. The fourth-order valence-electron chi connectivity index (χ4n) is 2.63. The van der Waals surface area contributed by atoms with Gasteiger partial charge in [-0.3, -0.25) is 4.79 Å². The van der Waals surface area contributed by atoms with Crippen LogP contribution in [0.4, 0.5) is 13.2 Å². The summed E-state index contributed by atoms with van der Waals surface area (Å²) in [6.45, 7) is 0. The molecule has 0 amide bonds. The zero-order valence-electron chi connectivity index (χ0n) is 8.88. The molecule has 0 heterocycles. The van der Waals surface area contributed by atoms with Crippen LogP contribution in [-0.2, 0) is 4.79 Å². The van der Waals surface area contributed by atoms with E-state index in [1.165, 1.54) is 0 Å². The molecule has 92 valence electrons. The van der Waals surface area contributed by atoms with E-state index in [4.69, 9.17) is 5.26 Å². The standard InChI is InChI=1S/C11H10F3NOS/c12-11(13,14)10(16)8-6-2-1-3-7(6)9(8)17-5-4-15/h6-7H,1-3,5H2. The van der Waals surface area contributed by atoms with E-state index in [9.17, 15) is 18.0 Å². The van der Waals surface area contributed by atoms with Crippen molar-refractivity contribution in [1.82, 2.24) is 0 Å². The number of halogens is 3. The molecule has 0 aliphatic heterocycles. The second-order valence-electron chi connectivity index (χ2n) is 4.20. The summed E-state index contributed by atoms with van der Waals surface area (Å²) in [5.74, 6) is -1.73. The summed E-state index contributed by atoms with van der Waals surface area (Å²) >= 11 is 1.09. The molecular formula is C11H10F3NOS. The van der Waals surface area contributed by atoms with Gasteiger partial charge in [-0.25, -0.2) is 0 Å². The minimum Gasteiger partial charge on any atom is -0.284 e. The summed E-state index contributed by atoms with van der Waals surface area (Å²) in [4.78, 5) is 11.8. The Morgan fingerprint density at radius 2 is 2.06 bits per heavy atom. The molecule has 2 unspecified atom stereocenters. The van der Waals surface area contributed by atoms with Gasteiger partial charge in [-0.15, -0.1) is 11.8 Å². The number of Topliss-reactive ketones (excluding diaryl/α,β-unsaturated/α-hetero) is 1. The lowest BCUT2D eigenvalue weighted by molar-refractivity contribution is -0.167. The van der Waals surface area contributed by atoms with Crippen LogP contribution in [0, 0.1) is 23.2 Å². The van der Waals surface area contributed by atoms with Crippen LogP contribution in [0.3, 0.4) is 0 Å². The maximum Gasteiger partial charge on any atom is 0.454 e. The molecule has 0 bridgehead atoms. The van der Waals surface area contributed by atoms with Crippen molar-refractivity contribution < 1.29 is 18.0 Å². The van der Waals surface area contributed by atoms with Crippen LogP contribution in [0.5, 0.6) is 0 Å². The van der Waals surface area contributed by atoms with Crippen molar-refractivity contribution in [2.75, 3.05) is 5.75 Å². The van der Waals surface area contributed by atoms with Crippen LogP contribution >= 0.6 is 11.8 Å². The van der Waals surface area contributed by atoms with Crippen molar-refractivity contribution in [2.45, 2.75) is 25.4 Å². The number of hydrogen-bond acceptors (Lipinski definition) is 3. The summed E-state index contributed by atoms with van der Waals surface area (Å²) in [5.41, 5.74) is -0.0692. The first-order valence-electron chi connectivity index (χ1n) is 5.32. The predicted molar refractivity (Wildman–Crippen MR) is 57.0 cm³/mol. The third kappa shape index (κ3) is 2.08. The van der Waals surface area contributed by atoms with Crippen LogP contribution in [-0.4, -0.2) is 17.7 Å². The number of allylic oxidation sites excluding steroid dienone is 2. The average Bonchev–Trinajstić information content (AvgIpc) is 2.62. The molecule has 0 saturated heterocycles. The normalized spacial score (nSPS) is 27.4. The molecule has 1 fully saturated rings. The first-order valence-corrected chi connectivity index (χ1v) is 6.30. The van der Waals surface area contributed by atoms with Gasteiger partial charge < -0.3 is 0 Å². The summed E-state index contributed by atoms with van der Waals surface area (Å²) in [6.07, 6.45) is -2.42. The maximum absolute atomic E-state index is 12.4. The minimum atomic E-state index is -4.79. The van der Waals surface area contributed by atoms with Gasteiger partial charge in [-0.05, 0) is 29.6 Å². The number of fused-ring (bicyclic) bond motifs is 1. The van der Waals surface area contributed by atoms with E-state index in [0.717, 1.165) is 24.6 Å². The molecule has 0 spiro atoms. The molecule has 17 heavy (non-hydrogen) atoms. The van der Waals surface area contributed by atoms with Crippen molar-refractivity contribution in [1.29, 1.82) is 5.26 Å². The molecular weight excluding hydrogens is 251 g/mol. The van der Waals surface area contributed by atoms with Gasteiger partial charge in [0.15, 0.2) is 0 Å². The van der Waals surface area contributed by atoms with E-state index in [1.807, 2.05) is 6.07 Å². The fourth-order valence-corrected chi connectivity index (χ4v) is 3.75. The number of nitriles is 1. The quantitative estimate of drug-likeness (QED) is 0.784. The lowest BCUT2D eigenvalue weighted by Gasteiger charge is -2.36. The first kappa shape index (κ1) is 12.5. The zero-order chi connectivity index (χ0) is 12.6. The number of thioether (sulfide) groups is 1. The van der Waals surface area contributed by atoms with E-state index in [-0.39, 0.29) is 23.2 Å². The number of ketones is 1. The number of alkyl halides is 3. The Bertz CT molecular complexity index is 421.